The maximum absolute atomic E-state index is 12.8. The predicted octanol–water partition coefficient (Wildman–Crippen LogP) is 5.99. The number of para-hydroxylation sites is 1. The first-order chi connectivity index (χ1) is 15.4. The number of carbonyl (C=O) groups is 1. The molecule has 0 atom stereocenters. The number of aliphatic imine (C=N–C) groups is 1. The first-order valence-corrected chi connectivity index (χ1v) is 12.0. The van der Waals surface area contributed by atoms with Gasteiger partial charge in [-0.2, -0.15) is 15.1 Å². The van der Waals surface area contributed by atoms with Crippen molar-refractivity contribution in [2.45, 2.75) is 59.8 Å². The number of carbonyl (C=O) groups excluding carboxylic acids is 1. The normalized spacial score (nSPS) is 17.1. The first-order valence-electron chi connectivity index (χ1n) is 11.1. The fraction of sp³-hybridized carbons (Fsp3) is 0.360. The lowest BCUT2D eigenvalue weighted by Gasteiger charge is -2.20. The number of thioether (sulfide) groups is 1. The summed E-state index contributed by atoms with van der Waals surface area (Å²) >= 11 is 1.41. The minimum Gasteiger partial charge on any atom is -0.318 e. The van der Waals surface area contributed by atoms with Gasteiger partial charge in [0.15, 0.2) is 5.84 Å². The second-order valence-electron chi connectivity index (χ2n) is 8.27. The number of unbranched alkanes of at least 4 members (excludes halogenated alkanes) is 3. The monoisotopic (exact) mass is 447 g/mol. The van der Waals surface area contributed by atoms with Crippen LogP contribution in [0.3, 0.4) is 0 Å². The number of rotatable bonds is 7. The highest BCUT2D eigenvalue weighted by Gasteiger charge is 2.35. The van der Waals surface area contributed by atoms with Gasteiger partial charge >= 0.3 is 0 Å². The van der Waals surface area contributed by atoms with Gasteiger partial charge in [-0.25, -0.2) is 0 Å². The molecular weight excluding hydrogens is 418 g/mol. The van der Waals surface area contributed by atoms with Gasteiger partial charge in [-0.05, 0) is 74.7 Å². The van der Waals surface area contributed by atoms with Crippen LogP contribution >= 0.6 is 11.8 Å². The molecule has 0 spiro atoms. The van der Waals surface area contributed by atoms with E-state index in [-0.39, 0.29) is 17.3 Å². The van der Waals surface area contributed by atoms with Gasteiger partial charge < -0.3 is 4.57 Å². The Kier molecular flexibility index (Phi) is 6.46. The quantitative estimate of drug-likeness (QED) is 0.418. The van der Waals surface area contributed by atoms with E-state index in [1.807, 2.05) is 19.1 Å². The van der Waals surface area contributed by atoms with Gasteiger partial charge in [0.05, 0.1) is 5.57 Å². The van der Waals surface area contributed by atoms with Crippen LogP contribution in [0.4, 0.5) is 0 Å². The topological polar surface area (TPSA) is 73.8 Å². The Morgan fingerprint density at radius 1 is 1.12 bits per heavy atom. The van der Waals surface area contributed by atoms with E-state index in [1.54, 1.807) is 6.08 Å². The molecule has 1 amide bonds. The maximum Gasteiger partial charge on any atom is 0.283 e. The van der Waals surface area contributed by atoms with Crippen LogP contribution in [0.1, 0.15) is 61.5 Å². The van der Waals surface area contributed by atoms with Crippen LogP contribution in [0.5, 0.6) is 0 Å². The van der Waals surface area contributed by atoms with Gasteiger partial charge in [-0.3, -0.25) is 10.2 Å². The molecule has 0 saturated carbocycles. The Hall–Kier alpha value is -2.93. The summed E-state index contributed by atoms with van der Waals surface area (Å²) in [5, 5.41) is 16.2. The molecule has 0 unspecified atom stereocenters. The van der Waals surface area contributed by atoms with Crippen molar-refractivity contribution in [1.82, 2.24) is 9.58 Å². The number of amidine groups is 2. The first kappa shape index (κ1) is 22.3. The molecule has 1 aromatic heterocycles. The van der Waals surface area contributed by atoms with Crippen LogP contribution in [0.25, 0.3) is 11.8 Å². The van der Waals surface area contributed by atoms with Crippen molar-refractivity contribution < 1.29 is 4.79 Å². The van der Waals surface area contributed by atoms with E-state index >= 15 is 0 Å². The number of nitrogens with one attached hydrogen (secondary N) is 1. The summed E-state index contributed by atoms with van der Waals surface area (Å²) in [6.07, 6.45) is 7.27. The summed E-state index contributed by atoms with van der Waals surface area (Å²) in [5.74, 6) is -0.284. The molecule has 0 aliphatic carbocycles. The molecule has 166 valence electrons. The summed E-state index contributed by atoms with van der Waals surface area (Å²) in [6.45, 7) is 8.37. The second-order valence-corrected chi connectivity index (χ2v) is 9.31. The molecule has 0 fully saturated rings. The molecule has 2 aliphatic heterocycles. The third kappa shape index (κ3) is 4.21. The highest BCUT2D eigenvalue weighted by atomic mass is 32.2. The summed E-state index contributed by atoms with van der Waals surface area (Å²) in [5.41, 5.74) is 5.58. The fourth-order valence-electron chi connectivity index (χ4n) is 4.11. The molecule has 0 saturated heterocycles. The fourth-order valence-corrected chi connectivity index (χ4v) is 5.04. The maximum atomic E-state index is 12.8. The zero-order chi connectivity index (χ0) is 22.8. The van der Waals surface area contributed by atoms with E-state index in [1.165, 1.54) is 41.6 Å². The van der Waals surface area contributed by atoms with Gasteiger partial charge in [0.1, 0.15) is 5.04 Å². The number of aryl methyl sites for hydroxylation is 2. The number of hydrogen-bond donors (Lipinski definition) is 1. The standard InChI is InChI=1S/C25H29N5OS/c1-5-6-7-8-13-22-28-30-23(26)20(24(31)27-25(30)32-22)15-19-14-17(3)29(18(19)4)21-12-10-9-11-16(21)2/h9-12,14-15,26H,5-8,13H2,1-4H3/b20-15-,26-23?. The van der Waals surface area contributed by atoms with E-state index in [2.05, 4.69) is 53.6 Å². The average molecular weight is 448 g/mol. The number of hydrogen-bond acceptors (Lipinski definition) is 4. The van der Waals surface area contributed by atoms with Gasteiger partial charge in [-0.1, -0.05) is 44.4 Å². The zero-order valence-electron chi connectivity index (χ0n) is 19.1. The largest absolute Gasteiger partial charge is 0.318 e. The van der Waals surface area contributed by atoms with E-state index in [0.29, 0.717) is 5.17 Å². The van der Waals surface area contributed by atoms with Gasteiger partial charge in [0.25, 0.3) is 5.91 Å². The Labute approximate surface area is 193 Å². The van der Waals surface area contributed by atoms with Crippen molar-refractivity contribution in [2.75, 3.05) is 0 Å². The van der Waals surface area contributed by atoms with E-state index in [9.17, 15) is 4.79 Å². The highest BCUT2D eigenvalue weighted by molar-refractivity contribution is 8.26. The average Bonchev–Trinajstić information content (AvgIpc) is 3.29. The van der Waals surface area contributed by atoms with Crippen molar-refractivity contribution in [1.29, 1.82) is 5.41 Å². The lowest BCUT2D eigenvalue weighted by molar-refractivity contribution is -0.114. The van der Waals surface area contributed by atoms with Crippen LogP contribution in [0.15, 0.2) is 46.0 Å². The van der Waals surface area contributed by atoms with Gasteiger partial charge in [0.2, 0.25) is 5.17 Å². The molecule has 1 N–H and O–H groups in total. The SMILES string of the molecule is CCCCCCC1=NN2C(=N)/C(=C/c3cc(C)n(-c4ccccc4C)c3C)C(=O)N=C2S1. The molecule has 2 aromatic rings. The minimum atomic E-state index is -0.378. The Bertz CT molecular complexity index is 1170. The molecule has 7 heteroatoms. The van der Waals surface area contributed by atoms with Crippen LogP contribution in [-0.2, 0) is 4.79 Å². The predicted molar refractivity (Wildman–Crippen MR) is 134 cm³/mol. The van der Waals surface area contributed by atoms with Crippen LogP contribution in [-0.4, -0.2) is 31.5 Å². The molecule has 2 aliphatic rings. The lowest BCUT2D eigenvalue weighted by Crippen LogP contribution is -2.35. The van der Waals surface area contributed by atoms with Crippen LogP contribution in [0, 0.1) is 26.2 Å². The smallest absolute Gasteiger partial charge is 0.283 e. The van der Waals surface area contributed by atoms with Crippen molar-refractivity contribution in [2.24, 2.45) is 10.1 Å². The summed E-state index contributed by atoms with van der Waals surface area (Å²) in [7, 11) is 0. The summed E-state index contributed by atoms with van der Waals surface area (Å²) < 4.78 is 2.19. The number of fused-ring (bicyclic) bond motifs is 1. The van der Waals surface area contributed by atoms with Crippen LogP contribution < -0.4 is 0 Å². The molecule has 6 nitrogen and oxygen atoms in total. The molecule has 3 heterocycles. The Morgan fingerprint density at radius 3 is 2.66 bits per heavy atom. The van der Waals surface area contributed by atoms with Crippen molar-refractivity contribution in [3.63, 3.8) is 0 Å². The van der Waals surface area contributed by atoms with Crippen molar-refractivity contribution >= 4 is 39.8 Å². The molecule has 0 bridgehead atoms. The molecule has 4 rings (SSSR count). The third-order valence-electron chi connectivity index (χ3n) is 5.87. The lowest BCUT2D eigenvalue weighted by atomic mass is 10.1. The van der Waals surface area contributed by atoms with Crippen molar-refractivity contribution in [3.8, 4) is 5.69 Å². The van der Waals surface area contributed by atoms with E-state index in [4.69, 9.17) is 5.41 Å². The van der Waals surface area contributed by atoms with Gasteiger partial charge in [-0.15, -0.1) is 0 Å². The second kappa shape index (κ2) is 9.28. The molecule has 1 aromatic carbocycles. The van der Waals surface area contributed by atoms with E-state index < -0.39 is 0 Å². The molecular formula is C25H29N5OS. The number of aromatic nitrogens is 1. The molecule has 32 heavy (non-hydrogen) atoms. The molecule has 0 radical (unpaired) electrons. The third-order valence-corrected chi connectivity index (χ3v) is 6.84. The summed E-state index contributed by atoms with van der Waals surface area (Å²) in [4.78, 5) is 17.0. The number of benzene rings is 1. The van der Waals surface area contributed by atoms with Gasteiger partial charge in [0, 0.05) is 17.1 Å². The van der Waals surface area contributed by atoms with Crippen molar-refractivity contribution in [3.05, 3.63) is 58.4 Å². The van der Waals surface area contributed by atoms with E-state index in [0.717, 1.165) is 40.5 Å². The number of amides is 1. The van der Waals surface area contributed by atoms with Crippen LogP contribution in [0.2, 0.25) is 0 Å². The number of nitrogens with zero attached hydrogens (tertiary/aromatic N) is 4. The highest BCUT2D eigenvalue weighted by Crippen LogP contribution is 2.31. The Balaban J connectivity index is 1.62. The zero-order valence-corrected chi connectivity index (χ0v) is 19.9. The Morgan fingerprint density at radius 2 is 1.91 bits per heavy atom. The summed E-state index contributed by atoms with van der Waals surface area (Å²) in [6, 6.07) is 10.3. The minimum absolute atomic E-state index is 0.0942. The number of hydrazone groups is 1.